The lowest BCUT2D eigenvalue weighted by atomic mass is 10.0. The van der Waals surface area contributed by atoms with Crippen LogP contribution in [0.15, 0.2) is 36.7 Å². The molecule has 2 saturated heterocycles. The second-order valence-electron chi connectivity index (χ2n) is 10.9. The van der Waals surface area contributed by atoms with Crippen LogP contribution in [0.3, 0.4) is 0 Å². The number of piperazine rings is 1. The van der Waals surface area contributed by atoms with Gasteiger partial charge >= 0.3 is 6.01 Å². The Hall–Kier alpha value is -4.32. The highest BCUT2D eigenvalue weighted by molar-refractivity contribution is 6.14. The average Bonchev–Trinajstić information content (AvgIpc) is 3.51. The number of hydrogen-bond acceptors (Lipinski definition) is 8. The van der Waals surface area contributed by atoms with Crippen molar-refractivity contribution in [1.82, 2.24) is 30.0 Å². The van der Waals surface area contributed by atoms with Crippen LogP contribution in [0.5, 0.6) is 6.01 Å². The summed E-state index contributed by atoms with van der Waals surface area (Å²) < 4.78 is 22.1. The van der Waals surface area contributed by atoms with E-state index in [0.717, 1.165) is 37.1 Å². The van der Waals surface area contributed by atoms with E-state index in [1.54, 1.807) is 36.5 Å². The predicted octanol–water partition coefficient (Wildman–Crippen LogP) is 3.10. The van der Waals surface area contributed by atoms with E-state index in [-0.39, 0.29) is 36.1 Å². The average molecular weight is 561 g/mol. The third-order valence-corrected chi connectivity index (χ3v) is 7.55. The number of rotatable bonds is 7. The number of carbonyl (C=O) groups excluding carboxylic acids is 2. The number of anilines is 2. The molecule has 0 spiro atoms. The molecule has 6 rings (SSSR count). The monoisotopic (exact) mass is 560 g/mol. The standard InChI is InChI=1S/C29H33FN8O3/c1-17-14-38(15-18(2)32-17)24-7-6-21(28(40)33-20-11-19-16-36(3)35-26(19)23(30)12-20)27-22(24)13-31-29(34-27)41-10-9-37-8-4-5-25(37)39/h6-7,11-13,16-18,32H,4-5,8-10,14-15H2,1-3H3,(H,33,40)/t17-,18+. The van der Waals surface area contributed by atoms with E-state index in [1.807, 2.05) is 6.07 Å². The number of benzene rings is 2. The molecule has 0 bridgehead atoms. The van der Waals surface area contributed by atoms with Crippen LogP contribution in [-0.2, 0) is 11.8 Å². The van der Waals surface area contributed by atoms with Crippen LogP contribution in [0.25, 0.3) is 21.8 Å². The van der Waals surface area contributed by atoms with Gasteiger partial charge in [0.2, 0.25) is 5.91 Å². The van der Waals surface area contributed by atoms with Crippen molar-refractivity contribution in [1.29, 1.82) is 0 Å². The molecule has 2 aromatic carbocycles. The molecule has 12 heteroatoms. The molecule has 2 amide bonds. The Bertz CT molecular complexity index is 1630. The van der Waals surface area contributed by atoms with Gasteiger partial charge in [0.15, 0.2) is 5.82 Å². The topological polar surface area (TPSA) is 118 Å². The second-order valence-corrected chi connectivity index (χ2v) is 10.9. The third-order valence-electron chi connectivity index (χ3n) is 7.55. The molecular weight excluding hydrogens is 527 g/mol. The first-order valence-corrected chi connectivity index (χ1v) is 13.9. The van der Waals surface area contributed by atoms with Gasteiger partial charge in [0, 0.05) is 79.7 Å². The number of ether oxygens (including phenoxy) is 1. The number of hydrogen-bond donors (Lipinski definition) is 2. The van der Waals surface area contributed by atoms with Crippen molar-refractivity contribution in [2.75, 3.05) is 43.0 Å². The summed E-state index contributed by atoms with van der Waals surface area (Å²) in [6.45, 7) is 7.27. The largest absolute Gasteiger partial charge is 0.462 e. The zero-order valence-electron chi connectivity index (χ0n) is 23.4. The molecule has 2 fully saturated rings. The Morgan fingerprint density at radius 2 is 2.00 bits per heavy atom. The first-order chi connectivity index (χ1) is 19.7. The molecule has 2 aliphatic rings. The fraction of sp³-hybridized carbons (Fsp3) is 0.414. The van der Waals surface area contributed by atoms with Crippen molar-refractivity contribution < 1.29 is 18.7 Å². The fourth-order valence-electron chi connectivity index (χ4n) is 5.81. The Balaban J connectivity index is 1.32. The maximum absolute atomic E-state index is 14.7. The number of fused-ring (bicyclic) bond motifs is 2. The lowest BCUT2D eigenvalue weighted by molar-refractivity contribution is -0.128. The molecule has 0 aliphatic carbocycles. The van der Waals surface area contributed by atoms with Gasteiger partial charge in [0.25, 0.3) is 5.91 Å². The summed E-state index contributed by atoms with van der Waals surface area (Å²) in [5.74, 6) is -0.828. The number of halogens is 1. The highest BCUT2D eigenvalue weighted by atomic mass is 19.1. The fourth-order valence-corrected chi connectivity index (χ4v) is 5.81. The van der Waals surface area contributed by atoms with Crippen molar-refractivity contribution in [3.63, 3.8) is 0 Å². The Morgan fingerprint density at radius 3 is 2.76 bits per heavy atom. The van der Waals surface area contributed by atoms with Crippen molar-refractivity contribution in [2.24, 2.45) is 7.05 Å². The lowest BCUT2D eigenvalue weighted by Crippen LogP contribution is -2.54. The summed E-state index contributed by atoms with van der Waals surface area (Å²) in [5, 5.41) is 11.8. The van der Waals surface area contributed by atoms with Crippen molar-refractivity contribution >= 4 is 45.0 Å². The van der Waals surface area contributed by atoms with Crippen LogP contribution < -0.4 is 20.3 Å². The third kappa shape index (κ3) is 5.51. The van der Waals surface area contributed by atoms with Gasteiger partial charge in [-0.15, -0.1) is 0 Å². The van der Waals surface area contributed by atoms with E-state index in [1.165, 1.54) is 10.7 Å². The van der Waals surface area contributed by atoms with Crippen molar-refractivity contribution in [2.45, 2.75) is 38.8 Å². The van der Waals surface area contributed by atoms with E-state index < -0.39 is 11.7 Å². The summed E-state index contributed by atoms with van der Waals surface area (Å²) in [6.07, 6.45) is 4.80. The summed E-state index contributed by atoms with van der Waals surface area (Å²) in [6, 6.07) is 7.29. The highest BCUT2D eigenvalue weighted by Crippen LogP contribution is 2.31. The minimum atomic E-state index is -0.518. The summed E-state index contributed by atoms with van der Waals surface area (Å²) in [7, 11) is 1.72. The van der Waals surface area contributed by atoms with Crippen LogP contribution in [0.4, 0.5) is 15.8 Å². The molecule has 41 heavy (non-hydrogen) atoms. The van der Waals surface area contributed by atoms with E-state index in [0.29, 0.717) is 35.1 Å². The number of aryl methyl sites for hydroxylation is 1. The minimum absolute atomic E-state index is 0.122. The molecule has 2 aliphatic heterocycles. The van der Waals surface area contributed by atoms with Gasteiger partial charge in [0.05, 0.1) is 17.6 Å². The minimum Gasteiger partial charge on any atom is -0.462 e. The van der Waals surface area contributed by atoms with Gasteiger partial charge in [-0.25, -0.2) is 9.37 Å². The second kappa shape index (κ2) is 10.9. The van der Waals surface area contributed by atoms with Crippen LogP contribution in [0, 0.1) is 5.82 Å². The van der Waals surface area contributed by atoms with Crippen LogP contribution in [0.2, 0.25) is 0 Å². The van der Waals surface area contributed by atoms with Gasteiger partial charge in [0.1, 0.15) is 12.1 Å². The Labute approximate surface area is 236 Å². The summed E-state index contributed by atoms with van der Waals surface area (Å²) in [4.78, 5) is 38.7. The van der Waals surface area contributed by atoms with Crippen molar-refractivity contribution in [3.05, 3.63) is 48.0 Å². The van der Waals surface area contributed by atoms with Gasteiger partial charge in [-0.3, -0.25) is 14.3 Å². The molecule has 0 saturated carbocycles. The smallest absolute Gasteiger partial charge is 0.317 e. The number of nitrogens with one attached hydrogen (secondary N) is 2. The van der Waals surface area contributed by atoms with Crippen LogP contribution in [0.1, 0.15) is 37.0 Å². The first kappa shape index (κ1) is 26.9. The van der Waals surface area contributed by atoms with Crippen LogP contribution in [-0.4, -0.2) is 81.3 Å². The Morgan fingerprint density at radius 1 is 1.20 bits per heavy atom. The number of likely N-dealkylation sites (tertiary alicyclic amines) is 1. The zero-order valence-corrected chi connectivity index (χ0v) is 23.4. The number of carbonyl (C=O) groups is 2. The molecular formula is C29H33FN8O3. The van der Waals surface area contributed by atoms with E-state index in [4.69, 9.17) is 4.74 Å². The van der Waals surface area contributed by atoms with E-state index in [2.05, 4.69) is 44.4 Å². The van der Waals surface area contributed by atoms with E-state index in [9.17, 15) is 14.0 Å². The zero-order chi connectivity index (χ0) is 28.7. The number of aromatic nitrogens is 4. The molecule has 2 aromatic heterocycles. The van der Waals surface area contributed by atoms with Gasteiger partial charge in [-0.05, 0) is 44.5 Å². The van der Waals surface area contributed by atoms with Gasteiger partial charge in [-0.1, -0.05) is 0 Å². The first-order valence-electron chi connectivity index (χ1n) is 13.9. The predicted molar refractivity (Wildman–Crippen MR) is 154 cm³/mol. The van der Waals surface area contributed by atoms with E-state index >= 15 is 0 Å². The lowest BCUT2D eigenvalue weighted by Gasteiger charge is -2.38. The molecule has 4 aromatic rings. The molecule has 2 N–H and O–H groups in total. The summed E-state index contributed by atoms with van der Waals surface area (Å²) >= 11 is 0. The van der Waals surface area contributed by atoms with Gasteiger partial charge < -0.3 is 25.2 Å². The quantitative estimate of drug-likeness (QED) is 0.354. The normalized spacial score (nSPS) is 19.4. The highest BCUT2D eigenvalue weighted by Gasteiger charge is 2.25. The summed E-state index contributed by atoms with van der Waals surface area (Å²) in [5.41, 5.74) is 2.23. The molecule has 11 nitrogen and oxygen atoms in total. The molecule has 0 radical (unpaired) electrons. The Kier molecular flexibility index (Phi) is 7.16. The van der Waals surface area contributed by atoms with Crippen LogP contribution >= 0.6 is 0 Å². The van der Waals surface area contributed by atoms with Gasteiger partial charge in [-0.2, -0.15) is 10.1 Å². The maximum atomic E-state index is 14.7. The SMILES string of the molecule is C[C@@H]1CN(c2ccc(C(=O)Nc3cc(F)c4nn(C)cc4c3)c3nc(OCCN4CCCC4=O)ncc23)C[C@H](C)N1. The number of amides is 2. The molecule has 4 heterocycles. The molecule has 0 unspecified atom stereocenters. The molecule has 214 valence electrons. The number of nitrogens with zero attached hydrogens (tertiary/aromatic N) is 6. The maximum Gasteiger partial charge on any atom is 0.317 e. The van der Waals surface area contributed by atoms with Crippen molar-refractivity contribution in [3.8, 4) is 6.01 Å². The molecule has 2 atom stereocenters.